The Morgan fingerprint density at radius 1 is 1.39 bits per heavy atom. The zero-order valence-corrected chi connectivity index (χ0v) is 10.6. The second-order valence-electron chi connectivity index (χ2n) is 4.14. The van der Waals surface area contributed by atoms with E-state index < -0.39 is 0 Å². The summed E-state index contributed by atoms with van der Waals surface area (Å²) in [5.74, 6) is 1.16. The van der Waals surface area contributed by atoms with Gasteiger partial charge in [0.1, 0.15) is 19.3 Å². The lowest BCUT2D eigenvalue weighted by molar-refractivity contribution is 0.112. The molecule has 0 bridgehead atoms. The first-order chi connectivity index (χ1) is 8.52. The molecule has 0 aliphatic heterocycles. The van der Waals surface area contributed by atoms with Crippen molar-refractivity contribution in [3.63, 3.8) is 0 Å². The van der Waals surface area contributed by atoms with Crippen molar-refractivity contribution >= 4 is 19.6 Å². The molecule has 0 amide bonds. The molecule has 0 spiro atoms. The van der Waals surface area contributed by atoms with Gasteiger partial charge in [0.15, 0.2) is 12.0 Å². The smallest absolute Gasteiger partial charge is 0.171 e. The van der Waals surface area contributed by atoms with Gasteiger partial charge in [0.25, 0.3) is 0 Å². The number of carbonyl (C=O) groups excluding carboxylic acids is 1. The van der Waals surface area contributed by atoms with Gasteiger partial charge in [-0.25, -0.2) is 0 Å². The highest BCUT2D eigenvalue weighted by Gasteiger charge is 2.13. The van der Waals surface area contributed by atoms with Gasteiger partial charge in [-0.05, 0) is 19.9 Å². The molecule has 0 atom stereocenters. The van der Waals surface area contributed by atoms with Crippen LogP contribution in [0.1, 0.15) is 21.7 Å². The molecule has 0 saturated heterocycles. The Balaban J connectivity index is 2.42. The number of hydrogen-bond donors (Lipinski definition) is 0. The van der Waals surface area contributed by atoms with Crippen molar-refractivity contribution in [2.24, 2.45) is 7.05 Å². The van der Waals surface area contributed by atoms with E-state index in [0.29, 0.717) is 22.5 Å². The molecule has 0 saturated carbocycles. The maximum atomic E-state index is 11.0. The second kappa shape index (κ2) is 4.68. The van der Waals surface area contributed by atoms with Gasteiger partial charge >= 0.3 is 0 Å². The van der Waals surface area contributed by atoms with Gasteiger partial charge < -0.3 is 4.74 Å². The summed E-state index contributed by atoms with van der Waals surface area (Å²) in [5.41, 5.74) is 2.64. The molecular formula is C13H13BN2O2. The molecule has 1 aromatic carbocycles. The predicted molar refractivity (Wildman–Crippen MR) is 70.0 cm³/mol. The maximum absolute atomic E-state index is 11.0. The Morgan fingerprint density at radius 2 is 2.11 bits per heavy atom. The summed E-state index contributed by atoms with van der Waals surface area (Å²) in [6, 6.07) is 4.97. The number of aromatic nitrogens is 2. The molecule has 18 heavy (non-hydrogen) atoms. The molecule has 0 aliphatic rings. The molecule has 0 N–H and O–H groups in total. The Labute approximate surface area is 107 Å². The molecule has 4 nitrogen and oxygen atoms in total. The summed E-state index contributed by atoms with van der Waals surface area (Å²) in [4.78, 5) is 11.0. The molecule has 1 aromatic heterocycles. The average molecular weight is 240 g/mol. The number of hydrogen-bond acceptors (Lipinski definition) is 3. The van der Waals surface area contributed by atoms with Crippen LogP contribution in [0, 0.1) is 13.8 Å². The van der Waals surface area contributed by atoms with Gasteiger partial charge in [-0.2, -0.15) is 5.10 Å². The molecule has 0 aliphatic carbocycles. The van der Waals surface area contributed by atoms with E-state index in [-0.39, 0.29) is 0 Å². The number of benzene rings is 1. The minimum Gasteiger partial charge on any atom is -0.453 e. The lowest BCUT2D eigenvalue weighted by Crippen LogP contribution is -2.04. The van der Waals surface area contributed by atoms with Crippen LogP contribution in [-0.2, 0) is 7.05 Å². The summed E-state index contributed by atoms with van der Waals surface area (Å²) >= 11 is 0. The van der Waals surface area contributed by atoms with Crippen LogP contribution in [0.15, 0.2) is 18.2 Å². The van der Waals surface area contributed by atoms with Crippen molar-refractivity contribution in [2.75, 3.05) is 0 Å². The lowest BCUT2D eigenvalue weighted by atomic mass is 9.94. The fourth-order valence-corrected chi connectivity index (χ4v) is 1.76. The fraction of sp³-hybridized carbons (Fsp3) is 0.231. The highest BCUT2D eigenvalue weighted by Crippen LogP contribution is 2.29. The highest BCUT2D eigenvalue weighted by atomic mass is 16.5. The van der Waals surface area contributed by atoms with Crippen LogP contribution in [0.2, 0.25) is 0 Å². The van der Waals surface area contributed by atoms with E-state index in [1.807, 2.05) is 20.9 Å². The van der Waals surface area contributed by atoms with Gasteiger partial charge in [0.05, 0.1) is 11.3 Å². The molecule has 2 radical (unpaired) electrons. The van der Waals surface area contributed by atoms with E-state index in [0.717, 1.165) is 17.7 Å². The molecule has 5 heteroatoms. The molecule has 0 unspecified atom stereocenters. The molecule has 2 rings (SSSR count). The number of aryl methyl sites for hydroxylation is 2. The first-order valence-electron chi connectivity index (χ1n) is 5.55. The third-order valence-electron chi connectivity index (χ3n) is 2.82. The summed E-state index contributed by atoms with van der Waals surface area (Å²) < 4.78 is 7.51. The molecule has 2 aromatic rings. The van der Waals surface area contributed by atoms with E-state index in [4.69, 9.17) is 12.6 Å². The van der Waals surface area contributed by atoms with Crippen molar-refractivity contribution in [2.45, 2.75) is 13.8 Å². The highest BCUT2D eigenvalue weighted by molar-refractivity contribution is 6.32. The fourth-order valence-electron chi connectivity index (χ4n) is 1.76. The molecule has 0 fully saturated rings. The van der Waals surface area contributed by atoms with Crippen LogP contribution in [0.25, 0.3) is 0 Å². The first kappa shape index (κ1) is 12.4. The SMILES string of the molecule is [B]c1ccc(Oc2c(C)nn(C)c2C)c(C=O)c1. The Bertz CT molecular complexity index is 605. The largest absolute Gasteiger partial charge is 0.453 e. The number of rotatable bonds is 3. The molecular weight excluding hydrogens is 227 g/mol. The van der Waals surface area contributed by atoms with Crippen LogP contribution in [0.5, 0.6) is 11.5 Å². The number of aldehydes is 1. The van der Waals surface area contributed by atoms with E-state index in [2.05, 4.69) is 5.10 Å². The van der Waals surface area contributed by atoms with Crippen molar-refractivity contribution in [3.8, 4) is 11.5 Å². The van der Waals surface area contributed by atoms with Crippen molar-refractivity contribution in [1.82, 2.24) is 9.78 Å². The van der Waals surface area contributed by atoms with Crippen molar-refractivity contribution in [3.05, 3.63) is 35.2 Å². The van der Waals surface area contributed by atoms with E-state index in [9.17, 15) is 4.79 Å². The summed E-state index contributed by atoms with van der Waals surface area (Å²) in [6.07, 6.45) is 0.729. The third-order valence-corrected chi connectivity index (χ3v) is 2.82. The van der Waals surface area contributed by atoms with Crippen LogP contribution in [0.3, 0.4) is 0 Å². The summed E-state index contributed by atoms with van der Waals surface area (Å²) in [6.45, 7) is 3.77. The van der Waals surface area contributed by atoms with Gasteiger partial charge in [0.2, 0.25) is 0 Å². The molecule has 1 heterocycles. The van der Waals surface area contributed by atoms with Gasteiger partial charge in [-0.15, -0.1) is 0 Å². The van der Waals surface area contributed by atoms with E-state index in [1.165, 1.54) is 0 Å². The zero-order chi connectivity index (χ0) is 13.3. The Hall–Kier alpha value is -2.04. The molecule has 90 valence electrons. The number of ether oxygens (including phenoxy) is 1. The van der Waals surface area contributed by atoms with Gasteiger partial charge in [-0.3, -0.25) is 9.48 Å². The van der Waals surface area contributed by atoms with Crippen LogP contribution in [0.4, 0.5) is 0 Å². The normalized spacial score (nSPS) is 10.4. The topological polar surface area (TPSA) is 44.1 Å². The number of carbonyl (C=O) groups is 1. The third kappa shape index (κ3) is 2.16. The van der Waals surface area contributed by atoms with Gasteiger partial charge in [0, 0.05) is 7.05 Å². The van der Waals surface area contributed by atoms with Crippen LogP contribution < -0.4 is 10.2 Å². The van der Waals surface area contributed by atoms with E-state index in [1.54, 1.807) is 22.9 Å². The monoisotopic (exact) mass is 240 g/mol. The quantitative estimate of drug-likeness (QED) is 0.602. The Kier molecular flexibility index (Phi) is 3.23. The van der Waals surface area contributed by atoms with Gasteiger partial charge in [-0.1, -0.05) is 17.6 Å². The first-order valence-corrected chi connectivity index (χ1v) is 5.55. The second-order valence-corrected chi connectivity index (χ2v) is 4.14. The standard InChI is InChI=1S/C13H13BN2O2/c1-8-13(9(2)16(3)15-8)18-12-5-4-11(14)6-10(12)7-17/h4-7H,1-3H3. The maximum Gasteiger partial charge on any atom is 0.171 e. The van der Waals surface area contributed by atoms with E-state index >= 15 is 0 Å². The summed E-state index contributed by atoms with van der Waals surface area (Å²) in [7, 11) is 7.48. The van der Waals surface area contributed by atoms with Crippen molar-refractivity contribution < 1.29 is 9.53 Å². The summed E-state index contributed by atoms with van der Waals surface area (Å²) in [5, 5.41) is 4.26. The van der Waals surface area contributed by atoms with Crippen LogP contribution >= 0.6 is 0 Å². The van der Waals surface area contributed by atoms with Crippen molar-refractivity contribution in [1.29, 1.82) is 0 Å². The Morgan fingerprint density at radius 3 is 2.67 bits per heavy atom. The predicted octanol–water partition coefficient (Wildman–Crippen LogP) is 1.44. The lowest BCUT2D eigenvalue weighted by Gasteiger charge is -2.09. The minimum absolute atomic E-state index is 0.428. The average Bonchev–Trinajstić information content (AvgIpc) is 2.58. The minimum atomic E-state index is 0.428. The van der Waals surface area contributed by atoms with Crippen LogP contribution in [-0.4, -0.2) is 23.9 Å². The zero-order valence-electron chi connectivity index (χ0n) is 10.6. The number of nitrogens with zero attached hydrogens (tertiary/aromatic N) is 2.